The van der Waals surface area contributed by atoms with Crippen LogP contribution in [-0.4, -0.2) is 47.9 Å². The minimum atomic E-state index is -0.0255. The molecule has 1 aliphatic heterocycles. The van der Waals surface area contributed by atoms with Crippen LogP contribution in [0.2, 0.25) is 0 Å². The number of carbonyl (C=O) groups excluding carboxylic acids is 1. The largest absolute Gasteiger partial charge is 0.444 e. The molecule has 1 aliphatic rings. The molecule has 0 radical (unpaired) electrons. The Morgan fingerprint density at radius 3 is 2.41 bits per heavy atom. The number of furan rings is 1. The molecule has 94 valence electrons. The summed E-state index contributed by atoms with van der Waals surface area (Å²) in [7, 11) is 2.10. The number of piperazine rings is 1. The molecule has 1 aromatic rings. The van der Waals surface area contributed by atoms with Gasteiger partial charge in [0.15, 0.2) is 10.4 Å². The van der Waals surface area contributed by atoms with Crippen LogP contribution in [0.1, 0.15) is 24.4 Å². The molecule has 2 atom stereocenters. The monoisotopic (exact) mass is 300 g/mol. The van der Waals surface area contributed by atoms with Crippen molar-refractivity contribution in [3.05, 3.63) is 22.6 Å². The first-order chi connectivity index (χ1) is 7.99. The van der Waals surface area contributed by atoms with Gasteiger partial charge in [-0.05, 0) is 49.0 Å². The van der Waals surface area contributed by atoms with E-state index in [2.05, 4.69) is 41.7 Å². The molecule has 0 N–H and O–H groups in total. The summed E-state index contributed by atoms with van der Waals surface area (Å²) in [6.07, 6.45) is 0. The average Bonchev–Trinajstić information content (AvgIpc) is 2.71. The van der Waals surface area contributed by atoms with E-state index in [4.69, 9.17) is 4.42 Å². The van der Waals surface area contributed by atoms with Crippen molar-refractivity contribution in [3.8, 4) is 0 Å². The summed E-state index contributed by atoms with van der Waals surface area (Å²) in [5.74, 6) is 0.378. The van der Waals surface area contributed by atoms with Crippen molar-refractivity contribution in [2.45, 2.75) is 25.9 Å². The van der Waals surface area contributed by atoms with Gasteiger partial charge in [0.2, 0.25) is 0 Å². The van der Waals surface area contributed by atoms with Crippen LogP contribution < -0.4 is 0 Å². The molecule has 0 bridgehead atoms. The summed E-state index contributed by atoms with van der Waals surface area (Å²) >= 11 is 3.21. The molecular formula is C12H17BrN2O2. The Morgan fingerprint density at radius 2 is 1.94 bits per heavy atom. The van der Waals surface area contributed by atoms with Crippen LogP contribution in [0.25, 0.3) is 0 Å². The fraction of sp³-hybridized carbons (Fsp3) is 0.583. The fourth-order valence-corrected chi connectivity index (χ4v) is 2.46. The quantitative estimate of drug-likeness (QED) is 0.798. The van der Waals surface area contributed by atoms with Gasteiger partial charge in [0.1, 0.15) is 0 Å². The van der Waals surface area contributed by atoms with E-state index in [9.17, 15) is 4.79 Å². The third-order valence-electron chi connectivity index (χ3n) is 3.43. The molecule has 2 rings (SSSR count). The molecule has 1 aromatic heterocycles. The molecule has 2 unspecified atom stereocenters. The van der Waals surface area contributed by atoms with Gasteiger partial charge in [-0.15, -0.1) is 0 Å². The van der Waals surface area contributed by atoms with Gasteiger partial charge in [-0.25, -0.2) is 0 Å². The zero-order valence-corrected chi connectivity index (χ0v) is 11.9. The lowest BCUT2D eigenvalue weighted by Gasteiger charge is -2.42. The zero-order chi connectivity index (χ0) is 12.6. The minimum Gasteiger partial charge on any atom is -0.444 e. The Balaban J connectivity index is 2.11. The van der Waals surface area contributed by atoms with E-state index < -0.39 is 0 Å². The van der Waals surface area contributed by atoms with E-state index in [1.807, 2.05) is 4.90 Å². The smallest absolute Gasteiger partial charge is 0.289 e. The van der Waals surface area contributed by atoms with Crippen LogP contribution in [0, 0.1) is 0 Å². The molecule has 0 aliphatic carbocycles. The second kappa shape index (κ2) is 4.82. The summed E-state index contributed by atoms with van der Waals surface area (Å²) < 4.78 is 5.90. The average molecular weight is 301 g/mol. The van der Waals surface area contributed by atoms with Crippen LogP contribution in [-0.2, 0) is 0 Å². The Hall–Kier alpha value is -0.810. The molecule has 4 nitrogen and oxygen atoms in total. The Labute approximate surface area is 110 Å². The second-order valence-electron chi connectivity index (χ2n) is 4.68. The maximum Gasteiger partial charge on any atom is 0.289 e. The number of carbonyl (C=O) groups is 1. The lowest BCUT2D eigenvalue weighted by molar-refractivity contribution is 0.0388. The summed E-state index contributed by atoms with van der Waals surface area (Å²) in [6.45, 7) is 5.76. The number of rotatable bonds is 1. The number of halogens is 1. The lowest BCUT2D eigenvalue weighted by atomic mass is 10.1. The first-order valence-electron chi connectivity index (χ1n) is 5.75. The van der Waals surface area contributed by atoms with Crippen molar-refractivity contribution in [1.29, 1.82) is 0 Å². The van der Waals surface area contributed by atoms with Crippen molar-refractivity contribution in [2.75, 3.05) is 20.1 Å². The predicted octanol–water partition coefficient (Wildman–Crippen LogP) is 2.21. The molecular weight excluding hydrogens is 284 g/mol. The number of hydrogen-bond acceptors (Lipinski definition) is 3. The van der Waals surface area contributed by atoms with Crippen molar-refractivity contribution in [2.24, 2.45) is 0 Å². The lowest BCUT2D eigenvalue weighted by Crippen LogP contribution is -2.56. The molecule has 1 saturated heterocycles. The maximum atomic E-state index is 12.2. The van der Waals surface area contributed by atoms with Crippen LogP contribution in [0.3, 0.4) is 0 Å². The van der Waals surface area contributed by atoms with E-state index >= 15 is 0 Å². The first kappa shape index (κ1) is 12.6. The van der Waals surface area contributed by atoms with Gasteiger partial charge < -0.3 is 9.32 Å². The number of nitrogens with zero attached hydrogens (tertiary/aromatic N) is 2. The molecule has 17 heavy (non-hydrogen) atoms. The van der Waals surface area contributed by atoms with Gasteiger partial charge >= 0.3 is 0 Å². The van der Waals surface area contributed by atoms with Gasteiger partial charge in [-0.2, -0.15) is 0 Å². The summed E-state index contributed by atoms with van der Waals surface area (Å²) in [6, 6.07) is 4.21. The molecule has 0 saturated carbocycles. The third kappa shape index (κ3) is 2.55. The van der Waals surface area contributed by atoms with Crippen LogP contribution in [0.5, 0.6) is 0 Å². The topological polar surface area (TPSA) is 36.7 Å². The van der Waals surface area contributed by atoms with E-state index in [-0.39, 0.29) is 5.91 Å². The number of hydrogen-bond donors (Lipinski definition) is 0. The summed E-state index contributed by atoms with van der Waals surface area (Å²) in [5, 5.41) is 0. The second-order valence-corrected chi connectivity index (χ2v) is 5.46. The standard InChI is InChI=1S/C12H17BrN2O2/c1-8-6-15(7-9(2)14(8)3)12(16)10-4-5-11(13)17-10/h4-5,8-9H,6-7H2,1-3H3. The predicted molar refractivity (Wildman–Crippen MR) is 69.0 cm³/mol. The molecule has 0 spiro atoms. The minimum absolute atomic E-state index is 0.0255. The normalized spacial score (nSPS) is 26.2. The molecule has 1 fully saturated rings. The summed E-state index contributed by atoms with van der Waals surface area (Å²) in [4.78, 5) is 16.4. The Bertz CT molecular complexity index is 406. The van der Waals surface area contributed by atoms with Crippen molar-refractivity contribution < 1.29 is 9.21 Å². The first-order valence-corrected chi connectivity index (χ1v) is 6.55. The van der Waals surface area contributed by atoms with E-state index in [0.717, 1.165) is 13.1 Å². The highest BCUT2D eigenvalue weighted by molar-refractivity contribution is 9.10. The molecule has 5 heteroatoms. The van der Waals surface area contributed by atoms with E-state index in [0.29, 0.717) is 22.5 Å². The Morgan fingerprint density at radius 1 is 1.35 bits per heavy atom. The van der Waals surface area contributed by atoms with Crippen LogP contribution >= 0.6 is 15.9 Å². The highest BCUT2D eigenvalue weighted by Gasteiger charge is 2.30. The van der Waals surface area contributed by atoms with Gasteiger partial charge in [-0.3, -0.25) is 9.69 Å². The molecule has 0 aromatic carbocycles. The highest BCUT2D eigenvalue weighted by atomic mass is 79.9. The van der Waals surface area contributed by atoms with Crippen LogP contribution in [0.15, 0.2) is 21.2 Å². The zero-order valence-electron chi connectivity index (χ0n) is 10.3. The highest BCUT2D eigenvalue weighted by Crippen LogP contribution is 2.19. The molecule has 1 amide bonds. The fourth-order valence-electron chi connectivity index (χ4n) is 2.16. The van der Waals surface area contributed by atoms with Gasteiger partial charge in [0.05, 0.1) is 0 Å². The van der Waals surface area contributed by atoms with Crippen molar-refractivity contribution in [3.63, 3.8) is 0 Å². The van der Waals surface area contributed by atoms with E-state index in [1.165, 1.54) is 0 Å². The van der Waals surface area contributed by atoms with Gasteiger partial charge in [-0.1, -0.05) is 0 Å². The van der Waals surface area contributed by atoms with Crippen molar-refractivity contribution >= 4 is 21.8 Å². The van der Waals surface area contributed by atoms with Gasteiger partial charge in [0, 0.05) is 25.2 Å². The van der Waals surface area contributed by atoms with Crippen molar-refractivity contribution in [1.82, 2.24) is 9.80 Å². The molecule has 2 heterocycles. The maximum absolute atomic E-state index is 12.2. The number of likely N-dealkylation sites (N-methyl/N-ethyl adjacent to an activating group) is 1. The SMILES string of the molecule is CC1CN(C(=O)c2ccc(Br)o2)CC(C)N1C. The van der Waals surface area contributed by atoms with Crippen LogP contribution in [0.4, 0.5) is 0 Å². The number of amides is 1. The Kier molecular flexibility index (Phi) is 3.58. The summed E-state index contributed by atoms with van der Waals surface area (Å²) in [5.41, 5.74) is 0. The third-order valence-corrected chi connectivity index (χ3v) is 3.86. The van der Waals surface area contributed by atoms with Gasteiger partial charge in [0.25, 0.3) is 5.91 Å². The van der Waals surface area contributed by atoms with E-state index in [1.54, 1.807) is 12.1 Å².